The average Bonchev–Trinajstić information content (AvgIpc) is 2.79. The molecule has 1 atom stereocenters. The second-order valence-electron chi connectivity index (χ2n) is 7.44. The van der Waals surface area contributed by atoms with Gasteiger partial charge in [0, 0.05) is 29.4 Å². The number of carbonyl (C=O) groups is 2. The van der Waals surface area contributed by atoms with Crippen molar-refractivity contribution in [1.82, 2.24) is 10.2 Å². The van der Waals surface area contributed by atoms with Crippen molar-refractivity contribution in [1.29, 1.82) is 0 Å². The zero-order valence-electron chi connectivity index (χ0n) is 18.5. The maximum absolute atomic E-state index is 13.1. The molecule has 168 valence electrons. The first-order chi connectivity index (χ1) is 15.0. The van der Waals surface area contributed by atoms with Gasteiger partial charge >= 0.3 is 0 Å². The molecule has 4 nitrogen and oxygen atoms in total. The Kier molecular flexibility index (Phi) is 11.5. The number of rotatable bonds is 13. The highest BCUT2D eigenvalue weighted by molar-refractivity contribution is 7.99. The van der Waals surface area contributed by atoms with Gasteiger partial charge < -0.3 is 10.2 Å². The molecule has 0 saturated heterocycles. The van der Waals surface area contributed by atoms with Gasteiger partial charge in [0.05, 0.1) is 0 Å². The molecule has 0 aliphatic carbocycles. The Balaban J connectivity index is 1.96. The fourth-order valence-corrected chi connectivity index (χ4v) is 4.33. The van der Waals surface area contributed by atoms with Crippen LogP contribution in [0.25, 0.3) is 0 Å². The number of halogens is 1. The summed E-state index contributed by atoms with van der Waals surface area (Å²) in [6.07, 6.45) is 3.43. The zero-order valence-corrected chi connectivity index (χ0v) is 20.1. The van der Waals surface area contributed by atoms with Gasteiger partial charge in [0.1, 0.15) is 6.04 Å². The molecule has 0 fully saturated rings. The lowest BCUT2D eigenvalue weighted by atomic mass is 10.1. The molecule has 2 aromatic carbocycles. The molecule has 0 aromatic heterocycles. The fourth-order valence-electron chi connectivity index (χ4n) is 3.35. The lowest BCUT2D eigenvalue weighted by Gasteiger charge is -2.30. The average molecular weight is 461 g/mol. The van der Waals surface area contributed by atoms with Crippen LogP contribution in [0.3, 0.4) is 0 Å². The van der Waals surface area contributed by atoms with Crippen molar-refractivity contribution in [2.75, 3.05) is 18.8 Å². The molecule has 1 N–H and O–H groups in total. The van der Waals surface area contributed by atoms with Gasteiger partial charge in [-0.15, -0.1) is 11.8 Å². The van der Waals surface area contributed by atoms with Gasteiger partial charge in [-0.3, -0.25) is 9.59 Å². The van der Waals surface area contributed by atoms with E-state index in [0.29, 0.717) is 25.9 Å². The Morgan fingerprint density at radius 3 is 2.42 bits per heavy atom. The number of carbonyl (C=O) groups excluding carboxylic acids is 2. The van der Waals surface area contributed by atoms with Gasteiger partial charge in [-0.25, -0.2) is 0 Å². The van der Waals surface area contributed by atoms with E-state index in [9.17, 15) is 9.59 Å². The Morgan fingerprint density at radius 1 is 1.06 bits per heavy atom. The second kappa shape index (κ2) is 14.2. The third kappa shape index (κ3) is 8.96. The number of amides is 2. The van der Waals surface area contributed by atoms with E-state index < -0.39 is 6.04 Å². The van der Waals surface area contributed by atoms with Crippen LogP contribution in [0.15, 0.2) is 59.5 Å². The molecule has 0 bridgehead atoms. The lowest BCUT2D eigenvalue weighted by Crippen LogP contribution is -2.50. The molecule has 0 spiro atoms. The minimum absolute atomic E-state index is 0.0473. The van der Waals surface area contributed by atoms with Crippen LogP contribution in [0, 0.1) is 0 Å². The van der Waals surface area contributed by atoms with E-state index in [1.54, 1.807) is 16.7 Å². The standard InChI is InChI=1S/C25H33ClN2O2S/c1-3-17-27-25(30)23(4-2)28(18-16-20-9-6-5-7-10-20)24(29)11-8-19-31-22-14-12-21(26)13-15-22/h5-7,9-10,12-15,23H,3-4,8,11,16-19H2,1-2H3,(H,27,30)/t23-/m0/s1. The van der Waals surface area contributed by atoms with Crippen molar-refractivity contribution in [2.24, 2.45) is 0 Å². The van der Waals surface area contributed by atoms with Crippen molar-refractivity contribution in [2.45, 2.75) is 56.9 Å². The predicted molar refractivity (Wildman–Crippen MR) is 131 cm³/mol. The summed E-state index contributed by atoms with van der Waals surface area (Å²) in [7, 11) is 0. The highest BCUT2D eigenvalue weighted by Gasteiger charge is 2.27. The molecule has 0 unspecified atom stereocenters. The van der Waals surface area contributed by atoms with Crippen LogP contribution in [0.2, 0.25) is 5.02 Å². The number of thioether (sulfide) groups is 1. The van der Waals surface area contributed by atoms with Gasteiger partial charge in [-0.05, 0) is 61.3 Å². The third-order valence-corrected chi connectivity index (χ3v) is 6.39. The number of hydrogen-bond acceptors (Lipinski definition) is 3. The van der Waals surface area contributed by atoms with Crippen molar-refractivity contribution in [3.63, 3.8) is 0 Å². The van der Waals surface area contributed by atoms with Crippen molar-refractivity contribution >= 4 is 35.2 Å². The summed E-state index contributed by atoms with van der Waals surface area (Å²) >= 11 is 7.65. The SMILES string of the molecule is CCCNC(=O)[C@H](CC)N(CCc1ccccc1)C(=O)CCCSc1ccc(Cl)cc1. The van der Waals surface area contributed by atoms with E-state index >= 15 is 0 Å². The topological polar surface area (TPSA) is 49.4 Å². The maximum Gasteiger partial charge on any atom is 0.242 e. The number of nitrogens with one attached hydrogen (secondary N) is 1. The van der Waals surface area contributed by atoms with E-state index in [0.717, 1.165) is 34.9 Å². The highest BCUT2D eigenvalue weighted by Crippen LogP contribution is 2.22. The highest BCUT2D eigenvalue weighted by atomic mass is 35.5. The summed E-state index contributed by atoms with van der Waals surface area (Å²) in [4.78, 5) is 28.8. The van der Waals surface area contributed by atoms with Gasteiger partial charge in [0.2, 0.25) is 11.8 Å². The molecule has 0 heterocycles. The quantitative estimate of drug-likeness (QED) is 0.313. The summed E-state index contributed by atoms with van der Waals surface area (Å²) in [5.41, 5.74) is 1.17. The third-order valence-electron chi connectivity index (χ3n) is 5.04. The summed E-state index contributed by atoms with van der Waals surface area (Å²) in [6, 6.07) is 17.4. The predicted octanol–water partition coefficient (Wildman–Crippen LogP) is 5.59. The van der Waals surface area contributed by atoms with Crippen molar-refractivity contribution in [3.8, 4) is 0 Å². The van der Waals surface area contributed by atoms with Gasteiger partial charge in [-0.1, -0.05) is 55.8 Å². The minimum atomic E-state index is -0.424. The van der Waals surface area contributed by atoms with Crippen LogP contribution in [0.5, 0.6) is 0 Å². The molecule has 31 heavy (non-hydrogen) atoms. The molecular formula is C25H33ClN2O2S. The van der Waals surface area contributed by atoms with E-state index in [2.05, 4.69) is 17.4 Å². The van der Waals surface area contributed by atoms with Crippen LogP contribution in [-0.4, -0.2) is 41.6 Å². The number of hydrogen-bond donors (Lipinski definition) is 1. The summed E-state index contributed by atoms with van der Waals surface area (Å²) in [6.45, 7) is 5.17. The van der Waals surface area contributed by atoms with Crippen molar-refractivity contribution < 1.29 is 9.59 Å². The number of benzene rings is 2. The Hall–Kier alpha value is -1.98. The molecular weight excluding hydrogens is 428 g/mol. The van der Waals surface area contributed by atoms with Crippen LogP contribution < -0.4 is 5.32 Å². The van der Waals surface area contributed by atoms with Crippen LogP contribution in [-0.2, 0) is 16.0 Å². The monoisotopic (exact) mass is 460 g/mol. The van der Waals surface area contributed by atoms with Gasteiger partial charge in [-0.2, -0.15) is 0 Å². The molecule has 0 saturated carbocycles. The molecule has 2 rings (SSSR count). The first-order valence-electron chi connectivity index (χ1n) is 11.0. The van der Waals surface area contributed by atoms with Gasteiger partial charge in [0.15, 0.2) is 0 Å². The minimum Gasteiger partial charge on any atom is -0.354 e. The summed E-state index contributed by atoms with van der Waals surface area (Å²) in [5, 5.41) is 3.69. The summed E-state index contributed by atoms with van der Waals surface area (Å²) in [5.74, 6) is 0.839. The van der Waals surface area contributed by atoms with E-state index in [1.807, 2.05) is 56.3 Å². The first-order valence-corrected chi connectivity index (χ1v) is 12.4. The zero-order chi connectivity index (χ0) is 22.5. The maximum atomic E-state index is 13.1. The smallest absolute Gasteiger partial charge is 0.242 e. The Bertz CT molecular complexity index is 799. The van der Waals surface area contributed by atoms with Gasteiger partial charge in [0.25, 0.3) is 0 Å². The largest absolute Gasteiger partial charge is 0.354 e. The normalized spacial score (nSPS) is 11.7. The molecule has 2 amide bonds. The fraction of sp³-hybridized carbons (Fsp3) is 0.440. The van der Waals surface area contributed by atoms with E-state index in [4.69, 9.17) is 11.6 Å². The number of nitrogens with zero attached hydrogens (tertiary/aromatic N) is 1. The van der Waals surface area contributed by atoms with Crippen molar-refractivity contribution in [3.05, 3.63) is 65.2 Å². The lowest BCUT2D eigenvalue weighted by molar-refractivity contribution is -0.140. The molecule has 2 aromatic rings. The van der Waals surface area contributed by atoms with Crippen LogP contribution in [0.1, 0.15) is 45.1 Å². The van der Waals surface area contributed by atoms with E-state index in [-0.39, 0.29) is 11.8 Å². The first kappa shape index (κ1) is 25.3. The van der Waals surface area contributed by atoms with Crippen LogP contribution >= 0.6 is 23.4 Å². The molecule has 0 aliphatic heterocycles. The Morgan fingerprint density at radius 2 is 1.77 bits per heavy atom. The Labute approximate surface area is 195 Å². The van der Waals surface area contributed by atoms with E-state index in [1.165, 1.54) is 5.56 Å². The molecule has 0 radical (unpaired) electrons. The summed E-state index contributed by atoms with van der Waals surface area (Å²) < 4.78 is 0. The van der Waals surface area contributed by atoms with Crippen LogP contribution in [0.4, 0.5) is 0 Å². The second-order valence-corrected chi connectivity index (χ2v) is 9.05. The molecule has 0 aliphatic rings. The molecule has 6 heteroatoms.